The Kier molecular flexibility index (Phi) is 2.59. The van der Waals surface area contributed by atoms with Crippen LogP contribution >= 0.6 is 0 Å². The molecule has 0 spiro atoms. The summed E-state index contributed by atoms with van der Waals surface area (Å²) >= 11 is 0. The maximum Gasteiger partial charge on any atom is 0.377 e. The predicted octanol–water partition coefficient (Wildman–Crippen LogP) is 1.84. The molecule has 66 valence electrons. The highest BCUT2D eigenvalue weighted by Gasteiger charge is 2.51. The zero-order chi connectivity index (χ0) is 9.28. The molecule has 0 amide bonds. The van der Waals surface area contributed by atoms with Crippen LogP contribution in [-0.2, 0) is 9.53 Å². The third-order valence-corrected chi connectivity index (χ3v) is 1.38. The van der Waals surface area contributed by atoms with Crippen molar-refractivity contribution in [1.29, 1.82) is 0 Å². The molecule has 0 bridgehead atoms. The molecule has 11 heavy (non-hydrogen) atoms. The zero-order valence-electron chi connectivity index (χ0n) is 7.07. The summed E-state index contributed by atoms with van der Waals surface area (Å²) in [6.07, 6.45) is 0. The monoisotopic (exact) mass is 166 g/mol. The average molecular weight is 166 g/mol. The molecule has 0 saturated carbocycles. The van der Waals surface area contributed by atoms with Crippen molar-refractivity contribution >= 4 is 5.97 Å². The predicted molar refractivity (Wildman–Crippen MR) is 36.4 cm³/mol. The number of alkyl halides is 2. The smallest absolute Gasteiger partial charge is 0.377 e. The van der Waals surface area contributed by atoms with Crippen LogP contribution in [0.25, 0.3) is 0 Å². The van der Waals surface area contributed by atoms with Gasteiger partial charge in [0.2, 0.25) is 0 Å². The third kappa shape index (κ3) is 1.88. The lowest BCUT2D eigenvalue weighted by molar-refractivity contribution is -0.185. The number of methoxy groups -OCH3 is 1. The van der Waals surface area contributed by atoms with Crippen molar-refractivity contribution in [3.05, 3.63) is 0 Å². The first kappa shape index (κ1) is 10.3. The Labute approximate surface area is 64.5 Å². The summed E-state index contributed by atoms with van der Waals surface area (Å²) in [6.45, 7) is 3.84. The molecule has 0 heterocycles. The van der Waals surface area contributed by atoms with Crippen molar-refractivity contribution in [2.24, 2.45) is 5.41 Å². The number of hydrogen-bond donors (Lipinski definition) is 0. The van der Waals surface area contributed by atoms with Crippen molar-refractivity contribution in [3.63, 3.8) is 0 Å². The van der Waals surface area contributed by atoms with Crippen LogP contribution in [0.4, 0.5) is 8.78 Å². The molecule has 0 aromatic rings. The molecule has 4 heteroatoms. The minimum Gasteiger partial charge on any atom is -0.465 e. The van der Waals surface area contributed by atoms with Crippen molar-refractivity contribution in [3.8, 4) is 0 Å². The first-order valence-corrected chi connectivity index (χ1v) is 3.19. The summed E-state index contributed by atoms with van der Waals surface area (Å²) in [6, 6.07) is 0. The normalized spacial score (nSPS) is 12.9. The average Bonchev–Trinajstić information content (AvgIpc) is 1.83. The Hall–Kier alpha value is -0.670. The van der Waals surface area contributed by atoms with E-state index in [9.17, 15) is 13.6 Å². The largest absolute Gasteiger partial charge is 0.465 e. The van der Waals surface area contributed by atoms with Crippen LogP contribution in [0.2, 0.25) is 0 Å². The van der Waals surface area contributed by atoms with Gasteiger partial charge in [-0.05, 0) is 0 Å². The first-order chi connectivity index (χ1) is 4.73. The number of carbonyl (C=O) groups is 1. The van der Waals surface area contributed by atoms with E-state index in [0.29, 0.717) is 0 Å². The van der Waals surface area contributed by atoms with Gasteiger partial charge in [0.1, 0.15) is 0 Å². The Morgan fingerprint density at radius 3 is 1.73 bits per heavy atom. The summed E-state index contributed by atoms with van der Waals surface area (Å²) in [5, 5.41) is 0. The van der Waals surface area contributed by atoms with Gasteiger partial charge in [0.15, 0.2) is 0 Å². The van der Waals surface area contributed by atoms with Gasteiger partial charge in [-0.1, -0.05) is 20.8 Å². The highest BCUT2D eigenvalue weighted by atomic mass is 19.3. The van der Waals surface area contributed by atoms with Crippen molar-refractivity contribution < 1.29 is 18.3 Å². The number of ether oxygens (including phenoxy) is 1. The van der Waals surface area contributed by atoms with E-state index in [1.807, 2.05) is 0 Å². The van der Waals surface area contributed by atoms with Crippen molar-refractivity contribution in [2.75, 3.05) is 7.11 Å². The summed E-state index contributed by atoms with van der Waals surface area (Å²) in [7, 11) is 0.946. The second-order valence-electron chi connectivity index (χ2n) is 3.32. The SMILES string of the molecule is COC(=O)C(F)(F)C(C)(C)C. The van der Waals surface area contributed by atoms with Gasteiger partial charge in [-0.25, -0.2) is 4.79 Å². The number of rotatable bonds is 1. The second-order valence-corrected chi connectivity index (χ2v) is 3.32. The third-order valence-electron chi connectivity index (χ3n) is 1.38. The quantitative estimate of drug-likeness (QED) is 0.555. The minimum atomic E-state index is -3.41. The van der Waals surface area contributed by atoms with E-state index >= 15 is 0 Å². The van der Waals surface area contributed by atoms with E-state index in [4.69, 9.17) is 0 Å². The molecular formula is C7H12F2O2. The maximum atomic E-state index is 12.8. The van der Waals surface area contributed by atoms with Gasteiger partial charge in [-0.3, -0.25) is 0 Å². The van der Waals surface area contributed by atoms with E-state index in [-0.39, 0.29) is 0 Å². The van der Waals surface area contributed by atoms with Crippen molar-refractivity contribution in [1.82, 2.24) is 0 Å². The lowest BCUT2D eigenvalue weighted by Gasteiger charge is -2.27. The van der Waals surface area contributed by atoms with Crippen LogP contribution in [0.15, 0.2) is 0 Å². The second kappa shape index (κ2) is 2.75. The molecule has 0 saturated heterocycles. The van der Waals surface area contributed by atoms with Gasteiger partial charge < -0.3 is 4.74 Å². The standard InChI is InChI=1S/C7H12F2O2/c1-6(2,3)7(8,9)5(10)11-4/h1-4H3. The van der Waals surface area contributed by atoms with Gasteiger partial charge in [0.05, 0.1) is 7.11 Å². The molecule has 0 unspecified atom stereocenters. The van der Waals surface area contributed by atoms with Crippen LogP contribution in [0.3, 0.4) is 0 Å². The fourth-order valence-electron chi connectivity index (χ4n) is 0.434. The lowest BCUT2D eigenvalue weighted by atomic mass is 9.88. The fourth-order valence-corrected chi connectivity index (χ4v) is 0.434. The van der Waals surface area contributed by atoms with E-state index < -0.39 is 17.3 Å². The first-order valence-electron chi connectivity index (χ1n) is 3.19. The molecule has 0 aliphatic carbocycles. The Morgan fingerprint density at radius 1 is 1.27 bits per heavy atom. The zero-order valence-corrected chi connectivity index (χ0v) is 7.07. The summed E-state index contributed by atoms with van der Waals surface area (Å²) in [5.74, 6) is -4.90. The molecule has 0 N–H and O–H groups in total. The summed E-state index contributed by atoms with van der Waals surface area (Å²) in [4.78, 5) is 10.5. The maximum absolute atomic E-state index is 12.8. The molecule has 0 radical (unpaired) electrons. The van der Waals surface area contributed by atoms with E-state index in [1.54, 1.807) is 0 Å². The van der Waals surface area contributed by atoms with E-state index in [2.05, 4.69) is 4.74 Å². The number of hydrogen-bond acceptors (Lipinski definition) is 2. The summed E-state index contributed by atoms with van der Waals surface area (Å²) < 4.78 is 29.7. The van der Waals surface area contributed by atoms with Gasteiger partial charge in [-0.2, -0.15) is 8.78 Å². The molecule has 0 aromatic carbocycles. The topological polar surface area (TPSA) is 26.3 Å². The molecule has 2 nitrogen and oxygen atoms in total. The van der Waals surface area contributed by atoms with Gasteiger partial charge in [0, 0.05) is 5.41 Å². The molecule has 0 rings (SSSR count). The molecule has 0 aliphatic rings. The van der Waals surface area contributed by atoms with Gasteiger partial charge in [0.25, 0.3) is 0 Å². The van der Waals surface area contributed by atoms with Crippen LogP contribution in [-0.4, -0.2) is 19.0 Å². The number of esters is 1. The molecule has 0 aliphatic heterocycles. The molecule has 0 aromatic heterocycles. The Balaban J connectivity index is 4.59. The van der Waals surface area contributed by atoms with Crippen LogP contribution < -0.4 is 0 Å². The number of halogens is 2. The van der Waals surface area contributed by atoms with E-state index in [1.165, 1.54) is 20.8 Å². The highest BCUT2D eigenvalue weighted by Crippen LogP contribution is 2.36. The fraction of sp³-hybridized carbons (Fsp3) is 0.857. The Bertz CT molecular complexity index is 158. The Morgan fingerprint density at radius 2 is 1.64 bits per heavy atom. The van der Waals surface area contributed by atoms with Gasteiger partial charge in [-0.15, -0.1) is 0 Å². The highest BCUT2D eigenvalue weighted by molar-refractivity contribution is 5.78. The van der Waals surface area contributed by atoms with E-state index in [0.717, 1.165) is 7.11 Å². The molecule has 0 atom stereocenters. The summed E-state index contributed by atoms with van der Waals surface area (Å²) in [5.41, 5.74) is -1.39. The molecular weight excluding hydrogens is 154 g/mol. The minimum absolute atomic E-state index is 0.946. The lowest BCUT2D eigenvalue weighted by Crippen LogP contribution is -2.42. The van der Waals surface area contributed by atoms with Crippen LogP contribution in [0, 0.1) is 5.41 Å². The van der Waals surface area contributed by atoms with Crippen LogP contribution in [0.5, 0.6) is 0 Å². The van der Waals surface area contributed by atoms with Crippen LogP contribution in [0.1, 0.15) is 20.8 Å². The van der Waals surface area contributed by atoms with Gasteiger partial charge >= 0.3 is 11.9 Å². The number of carbonyl (C=O) groups excluding carboxylic acids is 1. The van der Waals surface area contributed by atoms with Crippen molar-refractivity contribution in [2.45, 2.75) is 26.7 Å². The molecule has 0 fully saturated rings.